The number of ether oxygens (including phenoxy) is 4. The molecule has 10 heteroatoms. The molecule has 5 aromatic rings. The summed E-state index contributed by atoms with van der Waals surface area (Å²) in [4.78, 5) is 20.1. The maximum atomic E-state index is 14.3. The van der Waals surface area contributed by atoms with Crippen LogP contribution in [0.2, 0.25) is 0 Å². The number of aryl methyl sites for hydroxylation is 1. The Kier molecular flexibility index (Phi) is 8.81. The van der Waals surface area contributed by atoms with Crippen molar-refractivity contribution in [2.24, 2.45) is 4.99 Å². The van der Waals surface area contributed by atoms with Crippen molar-refractivity contribution in [2.75, 3.05) is 21.3 Å². The number of aromatic nitrogens is 1. The molecule has 2 heterocycles. The van der Waals surface area contributed by atoms with Gasteiger partial charge in [-0.2, -0.15) is 5.26 Å². The van der Waals surface area contributed by atoms with Gasteiger partial charge in [0, 0.05) is 11.1 Å². The summed E-state index contributed by atoms with van der Waals surface area (Å²) >= 11 is 3.58. The lowest BCUT2D eigenvalue weighted by Crippen LogP contribution is -2.38. The molecule has 8 nitrogen and oxygen atoms in total. The monoisotopic (exact) mass is 767 g/mol. The van der Waals surface area contributed by atoms with Crippen LogP contribution in [-0.2, 0) is 13.0 Å². The molecule has 0 saturated heterocycles. The molecule has 0 spiro atoms. The average Bonchev–Trinajstić information content (AvgIpc) is 3.43. The van der Waals surface area contributed by atoms with Gasteiger partial charge in [-0.15, -0.1) is 0 Å². The lowest BCUT2D eigenvalue weighted by Gasteiger charge is -2.31. The Morgan fingerprint density at radius 2 is 1.73 bits per heavy atom. The number of hydrogen-bond acceptors (Lipinski definition) is 8. The number of thiazole rings is 1. The second-order valence-electron chi connectivity index (χ2n) is 11.3. The first-order valence-electron chi connectivity index (χ1n) is 15.3. The zero-order valence-corrected chi connectivity index (χ0v) is 29.4. The van der Waals surface area contributed by atoms with E-state index >= 15 is 0 Å². The van der Waals surface area contributed by atoms with Gasteiger partial charge in [0.25, 0.3) is 5.56 Å². The van der Waals surface area contributed by atoms with Crippen LogP contribution >= 0.6 is 33.9 Å². The van der Waals surface area contributed by atoms with Crippen LogP contribution in [0.25, 0.3) is 11.8 Å². The number of fused-ring (bicyclic) bond motifs is 3. The highest BCUT2D eigenvalue weighted by Crippen LogP contribution is 2.43. The highest BCUT2D eigenvalue weighted by atomic mass is 127. The standard InChI is InChI=1S/C38H30IN3O5S/c1-44-30-15-13-24(19-31(30)45-2)35-28-14-12-23-8-6-7-11-27(23)34(28)41-38-42(35)37(43)33(48-38)18-22-16-29(39)36(32(17-22)46-3)47-21-26-10-5-4-9-25(26)20-40/h4-11,13,15-19,35H,12,14,21H2,1-3H3/b33-18-/t35-/m0/s1. The van der Waals surface area contributed by atoms with Crippen LogP contribution in [0.3, 0.4) is 0 Å². The maximum absolute atomic E-state index is 14.3. The lowest BCUT2D eigenvalue weighted by atomic mass is 9.83. The number of allylic oxidation sites excluding steroid dienone is 1. The van der Waals surface area contributed by atoms with Crippen molar-refractivity contribution >= 4 is 45.7 Å². The van der Waals surface area contributed by atoms with Crippen molar-refractivity contribution in [2.45, 2.75) is 25.5 Å². The Morgan fingerprint density at radius 1 is 0.958 bits per heavy atom. The quantitative estimate of drug-likeness (QED) is 0.170. The van der Waals surface area contributed by atoms with E-state index in [4.69, 9.17) is 23.9 Å². The molecular weight excluding hydrogens is 737 g/mol. The minimum atomic E-state index is -0.353. The van der Waals surface area contributed by atoms with Gasteiger partial charge in [0.2, 0.25) is 0 Å². The number of methoxy groups -OCH3 is 3. The van der Waals surface area contributed by atoms with Crippen LogP contribution in [0.4, 0.5) is 0 Å². The molecule has 0 amide bonds. The summed E-state index contributed by atoms with van der Waals surface area (Å²) < 4.78 is 26.3. The third kappa shape index (κ3) is 5.67. The molecule has 7 rings (SSSR count). The molecule has 0 N–H and O–H groups in total. The summed E-state index contributed by atoms with van der Waals surface area (Å²) in [6, 6.07) is 27.2. The van der Waals surface area contributed by atoms with Crippen LogP contribution in [0.5, 0.6) is 23.0 Å². The van der Waals surface area contributed by atoms with Gasteiger partial charge in [0.05, 0.1) is 52.8 Å². The third-order valence-electron chi connectivity index (χ3n) is 8.66. The van der Waals surface area contributed by atoms with Crippen molar-refractivity contribution in [3.05, 3.63) is 141 Å². The second kappa shape index (κ2) is 13.3. The third-order valence-corrected chi connectivity index (χ3v) is 10.4. The summed E-state index contributed by atoms with van der Waals surface area (Å²) in [5.41, 5.74) is 7.36. The number of benzene rings is 4. The summed E-state index contributed by atoms with van der Waals surface area (Å²) in [5, 5.41) is 9.48. The normalized spacial score (nSPS) is 15.1. The first kappa shape index (κ1) is 31.7. The number of nitrogens with zero attached hydrogens (tertiary/aromatic N) is 3. The van der Waals surface area contributed by atoms with E-state index in [0.717, 1.165) is 49.9 Å². The molecule has 1 atom stereocenters. The predicted octanol–water partition coefficient (Wildman–Crippen LogP) is 6.40. The first-order chi connectivity index (χ1) is 23.4. The molecule has 4 aromatic carbocycles. The van der Waals surface area contributed by atoms with Gasteiger partial charge < -0.3 is 18.9 Å². The fourth-order valence-electron chi connectivity index (χ4n) is 6.36. The van der Waals surface area contributed by atoms with Crippen LogP contribution in [0.1, 0.15) is 45.8 Å². The van der Waals surface area contributed by atoms with Crippen molar-refractivity contribution in [1.82, 2.24) is 4.57 Å². The summed E-state index contributed by atoms with van der Waals surface area (Å²) in [7, 11) is 4.82. The van der Waals surface area contributed by atoms with E-state index in [0.29, 0.717) is 37.9 Å². The summed E-state index contributed by atoms with van der Waals surface area (Å²) in [6.45, 7) is 0.220. The number of halogens is 1. The molecule has 1 aromatic heterocycles. The Balaban J connectivity index is 1.34. The van der Waals surface area contributed by atoms with Crippen LogP contribution in [0.15, 0.2) is 94.2 Å². The van der Waals surface area contributed by atoms with Gasteiger partial charge in [-0.3, -0.25) is 9.36 Å². The fourth-order valence-corrected chi connectivity index (χ4v) is 8.15. The molecule has 1 aliphatic heterocycles. The molecule has 240 valence electrons. The molecule has 0 fully saturated rings. The minimum Gasteiger partial charge on any atom is -0.493 e. The Labute approximate surface area is 295 Å². The fraction of sp³-hybridized carbons (Fsp3) is 0.184. The molecule has 0 bridgehead atoms. The van der Waals surface area contributed by atoms with Gasteiger partial charge in [-0.1, -0.05) is 59.9 Å². The highest BCUT2D eigenvalue weighted by molar-refractivity contribution is 14.1. The second-order valence-corrected chi connectivity index (χ2v) is 13.5. The molecule has 48 heavy (non-hydrogen) atoms. The maximum Gasteiger partial charge on any atom is 0.271 e. The Morgan fingerprint density at radius 3 is 2.52 bits per heavy atom. The number of nitriles is 1. The minimum absolute atomic E-state index is 0.119. The molecule has 0 radical (unpaired) electrons. The zero-order valence-electron chi connectivity index (χ0n) is 26.5. The molecule has 1 aliphatic carbocycles. The van der Waals surface area contributed by atoms with E-state index in [1.807, 2.05) is 65.2 Å². The van der Waals surface area contributed by atoms with E-state index in [1.165, 1.54) is 16.9 Å². The van der Waals surface area contributed by atoms with Crippen LogP contribution in [0, 0.1) is 14.9 Å². The summed E-state index contributed by atoms with van der Waals surface area (Å²) in [5.74, 6) is 2.34. The molecule has 0 saturated carbocycles. The van der Waals surface area contributed by atoms with Gasteiger partial charge in [-0.05, 0) is 94.1 Å². The Bertz CT molecular complexity index is 2340. The SMILES string of the molecule is COc1ccc([C@H]2C3=C(N=c4s/c(=C\c5cc(I)c(OCc6ccccc6C#N)c(OC)c5)c(=O)n42)c2ccccc2CC3)cc1OC. The van der Waals surface area contributed by atoms with Gasteiger partial charge in [-0.25, -0.2) is 4.99 Å². The van der Waals surface area contributed by atoms with Gasteiger partial charge in [0.1, 0.15) is 6.61 Å². The molecule has 0 unspecified atom stereocenters. The zero-order chi connectivity index (χ0) is 33.4. The van der Waals surface area contributed by atoms with Crippen molar-refractivity contribution < 1.29 is 18.9 Å². The Hall–Kier alpha value is -4.86. The van der Waals surface area contributed by atoms with Crippen molar-refractivity contribution in [3.63, 3.8) is 0 Å². The van der Waals surface area contributed by atoms with Crippen LogP contribution < -0.4 is 33.8 Å². The molecule has 2 aliphatic rings. The topological polar surface area (TPSA) is 95.1 Å². The van der Waals surface area contributed by atoms with Crippen LogP contribution in [-0.4, -0.2) is 25.9 Å². The molecular formula is C38H30IN3O5S. The average molecular weight is 768 g/mol. The first-order valence-corrected chi connectivity index (χ1v) is 17.2. The predicted molar refractivity (Wildman–Crippen MR) is 193 cm³/mol. The van der Waals surface area contributed by atoms with E-state index in [-0.39, 0.29) is 18.2 Å². The van der Waals surface area contributed by atoms with E-state index in [1.54, 1.807) is 27.4 Å². The van der Waals surface area contributed by atoms with E-state index in [9.17, 15) is 10.1 Å². The number of rotatable bonds is 8. The van der Waals surface area contributed by atoms with Gasteiger partial charge in [0.15, 0.2) is 27.8 Å². The highest BCUT2D eigenvalue weighted by Gasteiger charge is 2.33. The van der Waals surface area contributed by atoms with Gasteiger partial charge >= 0.3 is 0 Å². The smallest absolute Gasteiger partial charge is 0.271 e. The summed E-state index contributed by atoms with van der Waals surface area (Å²) in [6.07, 6.45) is 3.54. The van der Waals surface area contributed by atoms with E-state index < -0.39 is 0 Å². The largest absolute Gasteiger partial charge is 0.493 e. The van der Waals surface area contributed by atoms with Crippen molar-refractivity contribution in [3.8, 4) is 29.1 Å². The lowest BCUT2D eigenvalue weighted by molar-refractivity contribution is 0.282. The number of hydrogen-bond donors (Lipinski definition) is 0. The van der Waals surface area contributed by atoms with Crippen molar-refractivity contribution in [1.29, 1.82) is 5.26 Å². The van der Waals surface area contributed by atoms with E-state index in [2.05, 4.69) is 46.9 Å².